The van der Waals surface area contributed by atoms with Gasteiger partial charge in [0.05, 0.1) is 4.47 Å². The standard InChI is InChI=1S/C19H20BrN3O8/c1-9(24)29-8-15-14(30-10(2)25)6-16(31-15)23-7-11(20)18(22-19(23)28)21-17-12(26)4-3-5-13(17)27/h3-5,7,14-16,26-27H,6,8H2,1-2H3,(H,21,22,28)/t14-,15-,16?/m1/s1. The van der Waals surface area contributed by atoms with Crippen LogP contribution in [-0.2, 0) is 23.8 Å². The Labute approximate surface area is 184 Å². The molecule has 0 bridgehead atoms. The van der Waals surface area contributed by atoms with E-state index in [2.05, 4.69) is 26.2 Å². The third-order valence-electron chi connectivity index (χ3n) is 4.43. The first kappa shape index (κ1) is 22.6. The number of benzene rings is 1. The number of aromatic hydroxyl groups is 2. The monoisotopic (exact) mass is 497 g/mol. The molecule has 11 nitrogen and oxygen atoms in total. The molecular formula is C19H20BrN3O8. The molecule has 3 N–H and O–H groups in total. The molecule has 31 heavy (non-hydrogen) atoms. The minimum absolute atomic E-state index is 0.0127. The molecule has 2 heterocycles. The zero-order chi connectivity index (χ0) is 22.7. The lowest BCUT2D eigenvalue weighted by atomic mass is 10.2. The van der Waals surface area contributed by atoms with Gasteiger partial charge in [0.2, 0.25) is 0 Å². The van der Waals surface area contributed by atoms with Crippen LogP contribution in [0.5, 0.6) is 11.5 Å². The van der Waals surface area contributed by atoms with Gasteiger partial charge in [0.25, 0.3) is 0 Å². The third kappa shape index (κ3) is 5.33. The molecule has 166 valence electrons. The Morgan fingerprint density at radius 1 is 1.29 bits per heavy atom. The summed E-state index contributed by atoms with van der Waals surface area (Å²) in [6.07, 6.45) is -0.734. The van der Waals surface area contributed by atoms with Crippen molar-refractivity contribution in [2.45, 2.75) is 38.7 Å². The summed E-state index contributed by atoms with van der Waals surface area (Å²) >= 11 is 3.30. The Morgan fingerprint density at radius 2 is 1.97 bits per heavy atom. The van der Waals surface area contributed by atoms with Crippen LogP contribution in [-0.4, -0.2) is 50.5 Å². The number of esters is 2. The van der Waals surface area contributed by atoms with Gasteiger partial charge in [0, 0.05) is 26.5 Å². The summed E-state index contributed by atoms with van der Waals surface area (Å²) in [5, 5.41) is 22.5. The highest BCUT2D eigenvalue weighted by Gasteiger charge is 2.39. The lowest BCUT2D eigenvalue weighted by Crippen LogP contribution is -2.31. The van der Waals surface area contributed by atoms with Crippen molar-refractivity contribution in [3.8, 4) is 11.5 Å². The Kier molecular flexibility index (Phi) is 6.81. The van der Waals surface area contributed by atoms with E-state index in [4.69, 9.17) is 14.2 Å². The molecule has 3 atom stereocenters. The van der Waals surface area contributed by atoms with Gasteiger partial charge in [-0.3, -0.25) is 14.2 Å². The second-order valence-corrected chi connectivity index (χ2v) is 7.59. The van der Waals surface area contributed by atoms with Gasteiger partial charge in [0.15, 0.2) is 5.82 Å². The Bertz CT molecular complexity index is 1040. The first-order chi connectivity index (χ1) is 14.7. The van der Waals surface area contributed by atoms with Crippen LogP contribution in [0, 0.1) is 0 Å². The number of nitrogens with zero attached hydrogens (tertiary/aromatic N) is 2. The molecule has 0 radical (unpaired) electrons. The van der Waals surface area contributed by atoms with E-state index in [9.17, 15) is 24.6 Å². The smallest absolute Gasteiger partial charge is 0.351 e. The van der Waals surface area contributed by atoms with Crippen molar-refractivity contribution in [3.63, 3.8) is 0 Å². The number of anilines is 2. The summed E-state index contributed by atoms with van der Waals surface area (Å²) < 4.78 is 17.5. The second-order valence-electron chi connectivity index (χ2n) is 6.74. The van der Waals surface area contributed by atoms with Gasteiger partial charge in [0.1, 0.15) is 42.2 Å². The average Bonchev–Trinajstić information content (AvgIpc) is 3.07. The lowest BCUT2D eigenvalue weighted by molar-refractivity contribution is -0.155. The predicted octanol–water partition coefficient (Wildman–Crippen LogP) is 1.94. The summed E-state index contributed by atoms with van der Waals surface area (Å²) in [4.78, 5) is 39.1. The summed E-state index contributed by atoms with van der Waals surface area (Å²) in [7, 11) is 0. The fraction of sp³-hybridized carbons (Fsp3) is 0.368. The highest BCUT2D eigenvalue weighted by atomic mass is 79.9. The van der Waals surface area contributed by atoms with Crippen LogP contribution in [0.1, 0.15) is 26.5 Å². The minimum atomic E-state index is -0.825. The highest BCUT2D eigenvalue weighted by molar-refractivity contribution is 9.10. The lowest BCUT2D eigenvalue weighted by Gasteiger charge is -2.18. The van der Waals surface area contributed by atoms with E-state index in [1.165, 1.54) is 42.8 Å². The average molecular weight is 498 g/mol. The number of phenolic OH excluding ortho intramolecular Hbond substituents is 2. The molecule has 1 aliphatic heterocycles. The van der Waals surface area contributed by atoms with Crippen molar-refractivity contribution < 1.29 is 34.0 Å². The first-order valence-electron chi connectivity index (χ1n) is 9.18. The second kappa shape index (κ2) is 9.35. The van der Waals surface area contributed by atoms with Crippen molar-refractivity contribution >= 4 is 39.4 Å². The Hall–Kier alpha value is -3.12. The van der Waals surface area contributed by atoms with E-state index in [1.54, 1.807) is 0 Å². The third-order valence-corrected chi connectivity index (χ3v) is 5.01. The van der Waals surface area contributed by atoms with E-state index in [0.717, 1.165) is 0 Å². The number of halogens is 1. The van der Waals surface area contributed by atoms with E-state index >= 15 is 0 Å². The molecular weight excluding hydrogens is 478 g/mol. The number of hydrogen-bond donors (Lipinski definition) is 3. The maximum atomic E-state index is 12.6. The van der Waals surface area contributed by atoms with Crippen molar-refractivity contribution in [1.29, 1.82) is 0 Å². The van der Waals surface area contributed by atoms with Crippen molar-refractivity contribution in [3.05, 3.63) is 39.4 Å². The number of hydrogen-bond acceptors (Lipinski definition) is 10. The van der Waals surface area contributed by atoms with Gasteiger partial charge in [-0.2, -0.15) is 4.98 Å². The molecule has 3 rings (SSSR count). The number of para-hydroxylation sites is 1. The van der Waals surface area contributed by atoms with Gasteiger partial charge in [-0.15, -0.1) is 0 Å². The predicted molar refractivity (Wildman–Crippen MR) is 110 cm³/mol. The van der Waals surface area contributed by atoms with Crippen LogP contribution in [0.2, 0.25) is 0 Å². The highest BCUT2D eigenvalue weighted by Crippen LogP contribution is 2.36. The minimum Gasteiger partial charge on any atom is -0.506 e. The number of carbonyl (C=O) groups excluding carboxylic acids is 2. The fourth-order valence-corrected chi connectivity index (χ4v) is 3.48. The van der Waals surface area contributed by atoms with Gasteiger partial charge >= 0.3 is 17.6 Å². The normalized spacial score (nSPS) is 20.3. The summed E-state index contributed by atoms with van der Waals surface area (Å²) in [6.45, 7) is 2.35. The first-order valence-corrected chi connectivity index (χ1v) is 9.97. The molecule has 1 aliphatic rings. The van der Waals surface area contributed by atoms with Gasteiger partial charge in [-0.1, -0.05) is 6.07 Å². The van der Waals surface area contributed by atoms with E-state index < -0.39 is 36.1 Å². The van der Waals surface area contributed by atoms with Crippen LogP contribution in [0.15, 0.2) is 33.7 Å². The fourth-order valence-electron chi connectivity index (χ4n) is 3.07. The van der Waals surface area contributed by atoms with Crippen molar-refractivity contribution in [2.75, 3.05) is 11.9 Å². The molecule has 0 aliphatic carbocycles. The molecule has 0 amide bonds. The van der Waals surface area contributed by atoms with Crippen molar-refractivity contribution in [2.24, 2.45) is 0 Å². The molecule has 0 saturated carbocycles. The largest absolute Gasteiger partial charge is 0.506 e. The molecule has 0 spiro atoms. The van der Waals surface area contributed by atoms with Crippen molar-refractivity contribution in [1.82, 2.24) is 9.55 Å². The summed E-state index contributed by atoms with van der Waals surface area (Å²) in [5.41, 5.74) is -0.707. The molecule has 1 unspecified atom stereocenters. The van der Waals surface area contributed by atoms with Crippen LogP contribution >= 0.6 is 15.9 Å². The van der Waals surface area contributed by atoms with E-state index in [-0.39, 0.29) is 36.0 Å². The summed E-state index contributed by atoms with van der Waals surface area (Å²) in [6, 6.07) is 4.18. The molecule has 2 aromatic rings. The van der Waals surface area contributed by atoms with Crippen LogP contribution in [0.3, 0.4) is 0 Å². The zero-order valence-corrected chi connectivity index (χ0v) is 18.2. The quantitative estimate of drug-likeness (QED) is 0.399. The van der Waals surface area contributed by atoms with Gasteiger partial charge in [-0.05, 0) is 28.1 Å². The number of rotatable bonds is 6. The number of phenols is 2. The Morgan fingerprint density at radius 3 is 2.58 bits per heavy atom. The Balaban J connectivity index is 1.84. The summed E-state index contributed by atoms with van der Waals surface area (Å²) in [5.74, 6) is -1.44. The van der Waals surface area contributed by atoms with Crippen LogP contribution < -0.4 is 11.0 Å². The number of nitrogens with one attached hydrogen (secondary N) is 1. The van der Waals surface area contributed by atoms with Gasteiger partial charge < -0.3 is 29.7 Å². The molecule has 1 aromatic heterocycles. The number of aromatic nitrogens is 2. The van der Waals surface area contributed by atoms with Crippen LogP contribution in [0.25, 0.3) is 0 Å². The maximum absolute atomic E-state index is 12.6. The molecule has 1 fully saturated rings. The molecule has 12 heteroatoms. The van der Waals surface area contributed by atoms with Crippen LogP contribution in [0.4, 0.5) is 11.5 Å². The SMILES string of the molecule is CC(=O)OC[C@H]1OC(n2cc(Br)c(Nc3c(O)cccc3O)nc2=O)C[C@H]1OC(C)=O. The number of ether oxygens (including phenoxy) is 3. The molecule has 1 aromatic carbocycles. The topological polar surface area (TPSA) is 149 Å². The zero-order valence-electron chi connectivity index (χ0n) is 16.6. The van der Waals surface area contributed by atoms with E-state index in [1.807, 2.05) is 0 Å². The van der Waals surface area contributed by atoms with E-state index in [0.29, 0.717) is 4.47 Å². The number of carbonyl (C=O) groups is 2. The maximum Gasteiger partial charge on any atom is 0.351 e. The van der Waals surface area contributed by atoms with Gasteiger partial charge in [-0.25, -0.2) is 4.79 Å². The molecule has 1 saturated heterocycles.